The van der Waals surface area contributed by atoms with Gasteiger partial charge in [0.05, 0.1) is 13.2 Å². The summed E-state index contributed by atoms with van der Waals surface area (Å²) < 4.78 is 40.0. The molecular weight excluding hydrogens is 221 g/mol. The fourth-order valence-electron chi connectivity index (χ4n) is 0.563. The molecule has 0 radical (unpaired) electrons. The fourth-order valence-corrected chi connectivity index (χ4v) is 0.563. The molecule has 0 aliphatic rings. The minimum Gasteiger partial charge on any atom is -0.480 e. The van der Waals surface area contributed by atoms with E-state index in [0.717, 1.165) is 0 Å². The van der Waals surface area contributed by atoms with E-state index in [0.29, 0.717) is 0 Å². The van der Waals surface area contributed by atoms with Crippen molar-refractivity contribution >= 4 is 5.97 Å². The van der Waals surface area contributed by atoms with Crippen LogP contribution in [-0.2, 0) is 9.53 Å². The predicted octanol–water partition coefficient (Wildman–Crippen LogP) is 0.112. The summed E-state index contributed by atoms with van der Waals surface area (Å²) in [5, 5.41) is 10.1. The van der Waals surface area contributed by atoms with Crippen molar-refractivity contribution in [1.29, 1.82) is 0 Å². The summed E-state index contributed by atoms with van der Waals surface area (Å²) in [6, 6.07) is -3.93. The van der Waals surface area contributed by atoms with Gasteiger partial charge in [-0.05, 0) is 0 Å². The van der Waals surface area contributed by atoms with Gasteiger partial charge in [0.15, 0.2) is 0 Å². The van der Waals surface area contributed by atoms with Crippen LogP contribution in [0.15, 0.2) is 5.18 Å². The summed E-state index contributed by atoms with van der Waals surface area (Å²) in [4.78, 5) is 19.9. The zero-order valence-corrected chi connectivity index (χ0v) is 7.40. The number of nitroso groups, excluding NO2 is 1. The molecule has 3 N–H and O–H groups in total. The molecule has 0 saturated heterocycles. The number of aliphatic carboxylic acids is 1. The van der Waals surface area contributed by atoms with Crippen LogP contribution in [0.1, 0.15) is 0 Å². The molecule has 0 saturated carbocycles. The lowest BCUT2D eigenvalue weighted by Gasteiger charge is -2.14. The number of hydrogen-bond donors (Lipinski definition) is 2. The van der Waals surface area contributed by atoms with E-state index in [1.165, 1.54) is 0 Å². The van der Waals surface area contributed by atoms with Gasteiger partial charge in [0.25, 0.3) is 0 Å². The van der Waals surface area contributed by atoms with Gasteiger partial charge < -0.3 is 15.6 Å². The molecule has 0 amide bonds. The van der Waals surface area contributed by atoms with Gasteiger partial charge in [-0.25, -0.2) is 0 Å². The van der Waals surface area contributed by atoms with Gasteiger partial charge in [0.2, 0.25) is 6.04 Å². The Morgan fingerprint density at radius 2 is 2.00 bits per heavy atom. The van der Waals surface area contributed by atoms with Crippen LogP contribution in [0.25, 0.3) is 0 Å². The van der Waals surface area contributed by atoms with Gasteiger partial charge >= 0.3 is 12.1 Å². The predicted molar refractivity (Wildman–Crippen MR) is 42.1 cm³/mol. The van der Waals surface area contributed by atoms with Crippen molar-refractivity contribution < 1.29 is 27.8 Å². The maximum Gasteiger partial charge on any atom is 0.416 e. The topological polar surface area (TPSA) is 102 Å². The van der Waals surface area contributed by atoms with Crippen molar-refractivity contribution in [2.45, 2.75) is 18.3 Å². The molecule has 15 heavy (non-hydrogen) atoms. The summed E-state index contributed by atoms with van der Waals surface area (Å²) in [6.45, 7) is -1.65. The second-order valence-electron chi connectivity index (χ2n) is 2.65. The van der Waals surface area contributed by atoms with Crippen molar-refractivity contribution in [2.24, 2.45) is 10.9 Å². The summed E-state index contributed by atoms with van der Waals surface area (Å²) in [5.41, 5.74) is 4.94. The van der Waals surface area contributed by atoms with Crippen LogP contribution < -0.4 is 5.73 Å². The Bertz CT molecular complexity index is 233. The lowest BCUT2D eigenvalue weighted by atomic mass is 10.3. The van der Waals surface area contributed by atoms with Crippen molar-refractivity contribution in [3.05, 3.63) is 4.91 Å². The number of ether oxygens (including phenoxy) is 1. The maximum absolute atomic E-state index is 11.9. The smallest absolute Gasteiger partial charge is 0.416 e. The van der Waals surface area contributed by atoms with Crippen molar-refractivity contribution in [3.8, 4) is 0 Å². The molecule has 0 heterocycles. The number of nitrogens with two attached hydrogens (primary N) is 1. The highest BCUT2D eigenvalue weighted by molar-refractivity contribution is 5.73. The van der Waals surface area contributed by atoms with Crippen LogP contribution in [0.5, 0.6) is 0 Å². The lowest BCUT2D eigenvalue weighted by Crippen LogP contribution is -2.38. The van der Waals surface area contributed by atoms with Crippen LogP contribution in [-0.4, -0.2) is 42.5 Å². The van der Waals surface area contributed by atoms with Gasteiger partial charge in [-0.3, -0.25) is 4.79 Å². The molecule has 2 atom stereocenters. The van der Waals surface area contributed by atoms with Crippen LogP contribution in [0.3, 0.4) is 0 Å². The van der Waals surface area contributed by atoms with Crippen molar-refractivity contribution in [2.75, 3.05) is 13.2 Å². The maximum atomic E-state index is 11.9. The average molecular weight is 230 g/mol. The number of carbonyl (C=O) groups is 1. The van der Waals surface area contributed by atoms with Gasteiger partial charge in [-0.1, -0.05) is 5.18 Å². The molecule has 9 heteroatoms. The molecule has 0 aliphatic carbocycles. The molecule has 0 spiro atoms. The second kappa shape index (κ2) is 5.61. The van der Waals surface area contributed by atoms with Crippen molar-refractivity contribution in [1.82, 2.24) is 0 Å². The quantitative estimate of drug-likeness (QED) is 0.630. The molecule has 6 nitrogen and oxygen atoms in total. The zero-order valence-electron chi connectivity index (χ0n) is 7.40. The number of halogens is 3. The molecule has 0 aliphatic heterocycles. The van der Waals surface area contributed by atoms with E-state index in [-0.39, 0.29) is 0 Å². The fraction of sp³-hybridized carbons (Fsp3) is 0.833. The Kier molecular flexibility index (Phi) is 5.15. The van der Waals surface area contributed by atoms with Crippen LogP contribution in [0, 0.1) is 4.91 Å². The monoisotopic (exact) mass is 230 g/mol. The molecule has 0 rings (SSSR count). The number of nitrogens with zero attached hydrogens (tertiary/aromatic N) is 1. The number of alkyl halides is 3. The standard InChI is InChI=1S/C6H9F3N2O4/c7-6(8,9)4(11-14)2-15-1-3(10)5(12)13/h3-4H,1-2,10H2,(H,12,13)/t3-,4?/m0/s1. The van der Waals surface area contributed by atoms with Crippen LogP contribution in [0.2, 0.25) is 0 Å². The first kappa shape index (κ1) is 13.8. The molecule has 0 fully saturated rings. The third-order valence-electron chi connectivity index (χ3n) is 1.40. The van der Waals surface area contributed by atoms with Gasteiger partial charge in [0.1, 0.15) is 6.04 Å². The average Bonchev–Trinajstić information content (AvgIpc) is 2.09. The van der Waals surface area contributed by atoms with Gasteiger partial charge in [-0.2, -0.15) is 18.1 Å². The highest BCUT2D eigenvalue weighted by Gasteiger charge is 2.41. The Morgan fingerprint density at radius 1 is 1.47 bits per heavy atom. The highest BCUT2D eigenvalue weighted by atomic mass is 19.4. The Labute approximate surface area is 82.2 Å². The van der Waals surface area contributed by atoms with Gasteiger partial charge in [-0.15, -0.1) is 0 Å². The number of rotatable bonds is 6. The first-order chi connectivity index (χ1) is 6.79. The minimum atomic E-state index is -4.80. The number of hydrogen-bond acceptors (Lipinski definition) is 5. The minimum absolute atomic E-state index is 0.614. The van der Waals surface area contributed by atoms with E-state index in [4.69, 9.17) is 10.8 Å². The third kappa shape index (κ3) is 5.27. The van der Waals surface area contributed by atoms with E-state index < -0.39 is 37.4 Å². The molecular formula is C6H9F3N2O4. The number of carboxylic acid groups (broad SMARTS) is 1. The third-order valence-corrected chi connectivity index (χ3v) is 1.40. The first-order valence-electron chi connectivity index (χ1n) is 3.74. The summed E-state index contributed by atoms with van der Waals surface area (Å²) in [5.74, 6) is -1.40. The zero-order chi connectivity index (χ0) is 12.1. The highest BCUT2D eigenvalue weighted by Crippen LogP contribution is 2.22. The summed E-state index contributed by atoms with van der Waals surface area (Å²) in [7, 11) is 0. The second-order valence-corrected chi connectivity index (χ2v) is 2.65. The molecule has 0 aromatic carbocycles. The summed E-state index contributed by atoms with van der Waals surface area (Å²) in [6.07, 6.45) is -4.80. The number of carboxylic acids is 1. The Morgan fingerprint density at radius 3 is 2.33 bits per heavy atom. The van der Waals surface area contributed by atoms with Gasteiger partial charge in [0, 0.05) is 0 Å². The summed E-state index contributed by atoms with van der Waals surface area (Å²) >= 11 is 0. The Hall–Kier alpha value is -1.22. The van der Waals surface area contributed by atoms with E-state index in [1.54, 1.807) is 0 Å². The first-order valence-corrected chi connectivity index (χ1v) is 3.74. The SMILES string of the molecule is N[C@@H](COCC(N=O)C(F)(F)F)C(=O)O. The van der Waals surface area contributed by atoms with E-state index >= 15 is 0 Å². The largest absolute Gasteiger partial charge is 0.480 e. The van der Waals surface area contributed by atoms with E-state index in [2.05, 4.69) is 4.74 Å². The lowest BCUT2D eigenvalue weighted by molar-refractivity contribution is -0.160. The van der Waals surface area contributed by atoms with Crippen molar-refractivity contribution in [3.63, 3.8) is 0 Å². The normalized spacial score (nSPS) is 15.7. The van der Waals surface area contributed by atoms with Crippen LogP contribution in [0.4, 0.5) is 13.2 Å². The molecule has 88 valence electrons. The van der Waals surface area contributed by atoms with E-state index in [9.17, 15) is 22.9 Å². The molecule has 1 unspecified atom stereocenters. The molecule has 0 aromatic rings. The van der Waals surface area contributed by atoms with Crippen LogP contribution >= 0.6 is 0 Å². The molecule has 0 bridgehead atoms. The van der Waals surface area contributed by atoms with E-state index in [1.807, 2.05) is 5.18 Å². The molecule has 0 aromatic heterocycles. The Balaban J connectivity index is 3.94.